The average molecular weight is 598 g/mol. The minimum absolute atomic E-state index is 0.140. The standard InChI is InChI=1S/C30H40N5O6P/c1-8-30-24(41-42(38-17-16-31-7)35(19(2)3)20(4)5)23(39-29(30)14-15-29)27(40-30)34-18-21(6)25(33-28(34)37)32-26(36)22-12-10-9-11-13-22/h9-13,18-20,23-24,27H,8,14-17H2,1-6H3,(H,32,33,36,37)/t23?,24?,27-,30-,42?/m1/s1. The second-order valence-electron chi connectivity index (χ2n) is 11.7. The van der Waals surface area contributed by atoms with Crippen molar-refractivity contribution in [1.29, 1.82) is 0 Å². The predicted octanol–water partition coefficient (Wildman–Crippen LogP) is 5.08. The number of rotatable bonds is 12. The SMILES string of the molecule is [C-]#[N+]CCOP(OC1C2OC3(CC3)[C@]1(CC)O[C@H]2n1cc(C)c(NC(=O)c2ccccc2)nc1=O)N(C(C)C)C(C)C. The van der Waals surface area contributed by atoms with Gasteiger partial charge in [-0.25, -0.2) is 16.0 Å². The zero-order valence-electron chi connectivity index (χ0n) is 25.1. The van der Waals surface area contributed by atoms with Gasteiger partial charge in [-0.2, -0.15) is 4.98 Å². The Kier molecular flexibility index (Phi) is 8.87. The van der Waals surface area contributed by atoms with Gasteiger partial charge in [0.15, 0.2) is 6.23 Å². The third-order valence-electron chi connectivity index (χ3n) is 8.26. The van der Waals surface area contributed by atoms with E-state index in [0.717, 1.165) is 12.8 Å². The Morgan fingerprint density at radius 2 is 1.93 bits per heavy atom. The number of nitrogens with zero attached hydrogens (tertiary/aromatic N) is 4. The first kappa shape index (κ1) is 30.7. The molecular weight excluding hydrogens is 557 g/mol. The van der Waals surface area contributed by atoms with Gasteiger partial charge in [0, 0.05) is 29.4 Å². The average Bonchev–Trinajstić information content (AvgIpc) is 3.61. The largest absolute Gasteiger partial charge is 0.361 e. The van der Waals surface area contributed by atoms with Crippen molar-refractivity contribution >= 4 is 20.3 Å². The molecule has 3 heterocycles. The molecule has 1 aromatic heterocycles. The Hall–Kier alpha value is -2.71. The Balaban J connectivity index is 1.44. The molecule has 1 saturated carbocycles. The van der Waals surface area contributed by atoms with Crippen LogP contribution < -0.4 is 11.0 Å². The Bertz CT molecular complexity index is 1380. The molecule has 2 saturated heterocycles. The van der Waals surface area contributed by atoms with E-state index < -0.39 is 43.9 Å². The van der Waals surface area contributed by atoms with Gasteiger partial charge in [0.2, 0.25) is 6.54 Å². The molecule has 2 aliphatic heterocycles. The summed E-state index contributed by atoms with van der Waals surface area (Å²) in [5.41, 5.74) is -0.689. The highest BCUT2D eigenvalue weighted by Gasteiger charge is 2.78. The molecule has 1 spiro atoms. The Morgan fingerprint density at radius 3 is 2.52 bits per heavy atom. The number of aryl methyl sites for hydroxylation is 1. The van der Waals surface area contributed by atoms with Crippen molar-refractivity contribution in [3.05, 3.63) is 69.6 Å². The maximum Gasteiger partial charge on any atom is 0.351 e. The fraction of sp³-hybridized carbons (Fsp3) is 0.600. The van der Waals surface area contributed by atoms with Crippen LogP contribution in [0.5, 0.6) is 0 Å². The third-order valence-corrected chi connectivity index (χ3v) is 10.4. The van der Waals surface area contributed by atoms with Gasteiger partial charge in [-0.15, -0.1) is 0 Å². The number of carbonyl (C=O) groups excluding carboxylic acids is 1. The number of ether oxygens (including phenoxy) is 2. The first-order valence-electron chi connectivity index (χ1n) is 14.6. The minimum Gasteiger partial charge on any atom is -0.361 e. The zero-order chi connectivity index (χ0) is 30.2. The maximum atomic E-state index is 13.4. The lowest BCUT2D eigenvalue weighted by Crippen LogP contribution is -2.50. The Morgan fingerprint density at radius 1 is 1.24 bits per heavy atom. The molecule has 0 radical (unpaired) electrons. The summed E-state index contributed by atoms with van der Waals surface area (Å²) in [5.74, 6) is -0.143. The monoisotopic (exact) mass is 597 g/mol. The fourth-order valence-corrected chi connectivity index (χ4v) is 8.04. The molecule has 2 bridgehead atoms. The molecule has 3 aliphatic rings. The molecule has 1 N–H and O–H groups in total. The molecule has 5 rings (SSSR count). The van der Waals surface area contributed by atoms with E-state index in [-0.39, 0.29) is 37.0 Å². The van der Waals surface area contributed by atoms with E-state index in [1.807, 2.05) is 6.07 Å². The molecule has 226 valence electrons. The summed E-state index contributed by atoms with van der Waals surface area (Å²) in [5, 5.41) is 2.75. The second kappa shape index (κ2) is 12.1. The van der Waals surface area contributed by atoms with Gasteiger partial charge < -0.3 is 28.7 Å². The third kappa shape index (κ3) is 5.41. The number of hydrogen-bond donors (Lipinski definition) is 1. The number of fused-ring (bicyclic) bond motifs is 3. The lowest BCUT2D eigenvalue weighted by atomic mass is 9.88. The van der Waals surface area contributed by atoms with E-state index in [0.29, 0.717) is 17.5 Å². The summed E-state index contributed by atoms with van der Waals surface area (Å²) >= 11 is 0. The van der Waals surface area contributed by atoms with E-state index in [2.05, 4.69) is 54.4 Å². The molecule has 11 nitrogen and oxygen atoms in total. The van der Waals surface area contributed by atoms with Crippen LogP contribution in [0.1, 0.15) is 76.0 Å². The number of amides is 1. The number of carbonyl (C=O) groups is 1. The van der Waals surface area contributed by atoms with Crippen molar-refractivity contribution < 1.29 is 23.3 Å². The van der Waals surface area contributed by atoms with E-state index in [1.54, 1.807) is 37.4 Å². The minimum atomic E-state index is -1.55. The second-order valence-corrected chi connectivity index (χ2v) is 13.1. The van der Waals surface area contributed by atoms with Crippen LogP contribution in [0.2, 0.25) is 0 Å². The lowest BCUT2D eigenvalue weighted by molar-refractivity contribution is -0.225. The number of hydrogen-bond acceptors (Lipinski definition) is 8. The van der Waals surface area contributed by atoms with E-state index >= 15 is 0 Å². The predicted molar refractivity (Wildman–Crippen MR) is 159 cm³/mol. The van der Waals surface area contributed by atoms with Gasteiger partial charge in [-0.3, -0.25) is 9.36 Å². The van der Waals surface area contributed by atoms with Crippen molar-refractivity contribution in [2.45, 2.75) is 103 Å². The normalized spacial score (nSPS) is 26.2. The van der Waals surface area contributed by atoms with Crippen molar-refractivity contribution in [3.8, 4) is 0 Å². The highest BCUT2D eigenvalue weighted by atomic mass is 31.2. The number of benzene rings is 1. The number of nitrogens with one attached hydrogen (secondary N) is 1. The highest BCUT2D eigenvalue weighted by Crippen LogP contribution is 2.68. The van der Waals surface area contributed by atoms with Gasteiger partial charge >= 0.3 is 5.69 Å². The molecule has 1 aliphatic carbocycles. The van der Waals surface area contributed by atoms with Gasteiger partial charge in [-0.1, -0.05) is 25.1 Å². The summed E-state index contributed by atoms with van der Waals surface area (Å²) in [6, 6.07) is 9.06. The molecule has 1 amide bonds. The molecule has 3 fully saturated rings. The van der Waals surface area contributed by atoms with E-state index in [1.165, 1.54) is 4.57 Å². The van der Waals surface area contributed by atoms with Crippen LogP contribution in [0.25, 0.3) is 4.85 Å². The van der Waals surface area contributed by atoms with Gasteiger partial charge in [-0.05, 0) is 66.0 Å². The van der Waals surface area contributed by atoms with Gasteiger partial charge in [0.05, 0.1) is 0 Å². The van der Waals surface area contributed by atoms with Crippen LogP contribution in [0, 0.1) is 13.5 Å². The lowest BCUT2D eigenvalue weighted by Gasteiger charge is -2.40. The van der Waals surface area contributed by atoms with Crippen LogP contribution >= 0.6 is 8.53 Å². The maximum absolute atomic E-state index is 13.4. The number of aromatic nitrogens is 2. The van der Waals surface area contributed by atoms with Gasteiger partial charge in [0.1, 0.15) is 35.8 Å². The van der Waals surface area contributed by atoms with Crippen molar-refractivity contribution in [2.75, 3.05) is 18.5 Å². The quantitative estimate of drug-likeness (QED) is 0.205. The van der Waals surface area contributed by atoms with Crippen LogP contribution in [0.3, 0.4) is 0 Å². The highest BCUT2D eigenvalue weighted by molar-refractivity contribution is 7.44. The summed E-state index contributed by atoms with van der Waals surface area (Å²) in [4.78, 5) is 33.8. The van der Waals surface area contributed by atoms with Crippen molar-refractivity contribution in [1.82, 2.24) is 14.2 Å². The molecule has 3 unspecified atom stereocenters. The van der Waals surface area contributed by atoms with Crippen LogP contribution in [-0.4, -0.2) is 68.8 Å². The van der Waals surface area contributed by atoms with Crippen LogP contribution in [0.4, 0.5) is 5.82 Å². The molecule has 1 aromatic carbocycles. The summed E-state index contributed by atoms with van der Waals surface area (Å²) in [6.07, 6.45) is 2.19. The van der Waals surface area contributed by atoms with Crippen LogP contribution in [0.15, 0.2) is 41.3 Å². The molecule has 12 heteroatoms. The zero-order valence-corrected chi connectivity index (χ0v) is 26.0. The topological polar surface area (TPSA) is 109 Å². The molecule has 42 heavy (non-hydrogen) atoms. The van der Waals surface area contributed by atoms with E-state index in [9.17, 15) is 9.59 Å². The summed E-state index contributed by atoms with van der Waals surface area (Å²) < 4.78 is 30.2. The fourth-order valence-electron chi connectivity index (χ4n) is 6.26. The molecular formula is C30H40N5O6P. The summed E-state index contributed by atoms with van der Waals surface area (Å²) in [7, 11) is -1.55. The first-order valence-corrected chi connectivity index (χ1v) is 15.7. The van der Waals surface area contributed by atoms with Crippen LogP contribution in [-0.2, 0) is 18.5 Å². The molecule has 2 aromatic rings. The first-order chi connectivity index (χ1) is 20.1. The number of anilines is 1. The van der Waals surface area contributed by atoms with Gasteiger partial charge in [0.25, 0.3) is 14.4 Å². The molecule has 5 atom stereocenters. The van der Waals surface area contributed by atoms with Crippen molar-refractivity contribution in [2.24, 2.45) is 0 Å². The Labute approximate surface area is 248 Å². The summed E-state index contributed by atoms with van der Waals surface area (Å²) in [6.45, 7) is 19.9. The smallest absolute Gasteiger partial charge is 0.351 e. The van der Waals surface area contributed by atoms with E-state index in [4.69, 9.17) is 25.1 Å². The van der Waals surface area contributed by atoms with Crippen molar-refractivity contribution in [3.63, 3.8) is 0 Å².